The van der Waals surface area contributed by atoms with Gasteiger partial charge in [0.15, 0.2) is 0 Å². The van der Waals surface area contributed by atoms with Crippen molar-refractivity contribution in [2.45, 2.75) is 38.4 Å². The minimum absolute atomic E-state index is 0.192. The molecule has 5 nitrogen and oxygen atoms in total. The zero-order valence-electron chi connectivity index (χ0n) is 9.79. The highest BCUT2D eigenvalue weighted by Gasteiger charge is 2.41. The Balaban J connectivity index is 2.13. The maximum Gasteiger partial charge on any atom is 0.406 e. The molecule has 1 fully saturated rings. The van der Waals surface area contributed by atoms with Gasteiger partial charge in [-0.15, -0.1) is 5.10 Å². The number of rotatable bonds is 4. The number of hydrogen-bond acceptors (Lipinski definition) is 3. The quantitative estimate of drug-likeness (QED) is 0.895. The molecular formula is C10H13F3N4O. The van der Waals surface area contributed by atoms with Gasteiger partial charge < -0.3 is 4.90 Å². The van der Waals surface area contributed by atoms with E-state index in [-0.39, 0.29) is 11.9 Å². The lowest BCUT2D eigenvalue weighted by Crippen LogP contribution is -2.41. The summed E-state index contributed by atoms with van der Waals surface area (Å²) in [6.45, 7) is 0.565. The molecule has 100 valence electrons. The molecule has 1 aromatic rings. The topological polar surface area (TPSA) is 61.9 Å². The summed E-state index contributed by atoms with van der Waals surface area (Å²) in [6, 6.07) is -0.331. The van der Waals surface area contributed by atoms with Gasteiger partial charge in [0, 0.05) is 12.5 Å². The lowest BCUT2D eigenvalue weighted by Gasteiger charge is -2.22. The van der Waals surface area contributed by atoms with Crippen LogP contribution in [0.3, 0.4) is 0 Å². The van der Waals surface area contributed by atoms with Crippen LogP contribution in [0.5, 0.6) is 0 Å². The van der Waals surface area contributed by atoms with Crippen LogP contribution in [-0.2, 0) is 6.42 Å². The van der Waals surface area contributed by atoms with Crippen molar-refractivity contribution in [3.05, 3.63) is 11.6 Å². The molecule has 0 bridgehead atoms. The fourth-order valence-corrected chi connectivity index (χ4v) is 1.62. The van der Waals surface area contributed by atoms with Gasteiger partial charge in [0.1, 0.15) is 12.4 Å². The third-order valence-electron chi connectivity index (χ3n) is 2.66. The Bertz CT molecular complexity index is 439. The predicted octanol–water partition coefficient (Wildman–Crippen LogP) is 1.53. The normalized spacial score (nSPS) is 15.8. The zero-order chi connectivity index (χ0) is 13.3. The Morgan fingerprint density at radius 1 is 1.50 bits per heavy atom. The van der Waals surface area contributed by atoms with E-state index >= 15 is 0 Å². The molecule has 0 atom stereocenters. The van der Waals surface area contributed by atoms with Gasteiger partial charge in [0.05, 0.1) is 0 Å². The summed E-state index contributed by atoms with van der Waals surface area (Å²) in [6.07, 6.45) is -2.65. The first-order valence-electron chi connectivity index (χ1n) is 5.69. The maximum atomic E-state index is 12.4. The molecule has 1 aliphatic carbocycles. The Morgan fingerprint density at radius 3 is 2.61 bits per heavy atom. The van der Waals surface area contributed by atoms with Crippen LogP contribution < -0.4 is 0 Å². The number of alkyl halides is 3. The van der Waals surface area contributed by atoms with Gasteiger partial charge in [-0.3, -0.25) is 9.89 Å². The first kappa shape index (κ1) is 12.8. The number of carbonyl (C=O) groups is 1. The summed E-state index contributed by atoms with van der Waals surface area (Å²) >= 11 is 0. The fraction of sp³-hybridized carbons (Fsp3) is 0.700. The Hall–Kier alpha value is -1.60. The number of hydrogen-bond donors (Lipinski definition) is 1. The van der Waals surface area contributed by atoms with Gasteiger partial charge in [-0.05, 0) is 12.8 Å². The van der Waals surface area contributed by atoms with Gasteiger partial charge >= 0.3 is 6.18 Å². The van der Waals surface area contributed by atoms with Gasteiger partial charge in [-0.1, -0.05) is 6.92 Å². The third kappa shape index (κ3) is 2.99. The molecule has 0 spiro atoms. The minimum Gasteiger partial charge on any atom is -0.324 e. The Morgan fingerprint density at radius 2 is 2.17 bits per heavy atom. The number of aromatic amines is 1. The van der Waals surface area contributed by atoms with E-state index in [9.17, 15) is 18.0 Å². The molecule has 8 heteroatoms. The molecule has 0 aromatic carbocycles. The molecular weight excluding hydrogens is 249 g/mol. The number of amides is 1. The van der Waals surface area contributed by atoms with Crippen LogP contribution >= 0.6 is 0 Å². The van der Waals surface area contributed by atoms with Crippen molar-refractivity contribution in [1.82, 2.24) is 20.1 Å². The Kier molecular flexibility index (Phi) is 3.27. The van der Waals surface area contributed by atoms with Crippen molar-refractivity contribution < 1.29 is 18.0 Å². The van der Waals surface area contributed by atoms with Crippen molar-refractivity contribution in [2.24, 2.45) is 0 Å². The van der Waals surface area contributed by atoms with Crippen molar-refractivity contribution in [3.63, 3.8) is 0 Å². The highest BCUT2D eigenvalue weighted by Crippen LogP contribution is 2.30. The van der Waals surface area contributed by atoms with E-state index < -0.39 is 18.6 Å². The van der Waals surface area contributed by atoms with E-state index in [1.807, 2.05) is 6.92 Å². The van der Waals surface area contributed by atoms with E-state index in [4.69, 9.17) is 0 Å². The SMILES string of the molecule is CCc1nc(C(=O)N(CC(F)(F)F)C2CC2)n[nH]1. The second-order valence-corrected chi connectivity index (χ2v) is 4.24. The van der Waals surface area contributed by atoms with Crippen molar-refractivity contribution >= 4 is 5.91 Å². The summed E-state index contributed by atoms with van der Waals surface area (Å²) in [5, 5.41) is 6.18. The van der Waals surface area contributed by atoms with E-state index in [1.54, 1.807) is 0 Å². The van der Waals surface area contributed by atoms with Crippen LogP contribution in [0.1, 0.15) is 36.2 Å². The van der Waals surface area contributed by atoms with Crippen molar-refractivity contribution in [2.75, 3.05) is 6.54 Å². The number of aromatic nitrogens is 3. The molecule has 18 heavy (non-hydrogen) atoms. The highest BCUT2D eigenvalue weighted by atomic mass is 19.4. The van der Waals surface area contributed by atoms with Gasteiger partial charge in [0.25, 0.3) is 5.91 Å². The molecule has 1 saturated carbocycles. The molecule has 1 heterocycles. The second-order valence-electron chi connectivity index (χ2n) is 4.24. The molecule has 0 saturated heterocycles. The summed E-state index contributed by atoms with van der Waals surface area (Å²) in [5.74, 6) is -0.463. The fourth-order valence-electron chi connectivity index (χ4n) is 1.62. The Labute approximate surface area is 101 Å². The first-order chi connectivity index (χ1) is 8.40. The number of aryl methyl sites for hydroxylation is 1. The van der Waals surface area contributed by atoms with Gasteiger partial charge in [-0.25, -0.2) is 4.98 Å². The highest BCUT2D eigenvalue weighted by molar-refractivity contribution is 5.90. The molecule has 1 aliphatic rings. The summed E-state index contributed by atoms with van der Waals surface area (Å²) < 4.78 is 37.2. The first-order valence-corrected chi connectivity index (χ1v) is 5.69. The molecule has 0 radical (unpaired) electrons. The van der Waals surface area contributed by atoms with Crippen molar-refractivity contribution in [1.29, 1.82) is 0 Å². The lowest BCUT2D eigenvalue weighted by atomic mass is 10.4. The van der Waals surface area contributed by atoms with E-state index in [0.29, 0.717) is 25.1 Å². The number of nitrogens with zero attached hydrogens (tertiary/aromatic N) is 3. The molecule has 1 amide bonds. The molecule has 0 aliphatic heterocycles. The zero-order valence-corrected chi connectivity index (χ0v) is 9.79. The van der Waals surface area contributed by atoms with Crippen LogP contribution in [-0.4, -0.2) is 44.8 Å². The van der Waals surface area contributed by atoms with Crippen molar-refractivity contribution in [3.8, 4) is 0 Å². The van der Waals surface area contributed by atoms with Crippen LogP contribution in [0, 0.1) is 0 Å². The number of nitrogens with one attached hydrogen (secondary N) is 1. The largest absolute Gasteiger partial charge is 0.406 e. The van der Waals surface area contributed by atoms with E-state index in [0.717, 1.165) is 4.90 Å². The average Bonchev–Trinajstić information content (AvgIpc) is 3.01. The third-order valence-corrected chi connectivity index (χ3v) is 2.66. The predicted molar refractivity (Wildman–Crippen MR) is 55.9 cm³/mol. The number of carbonyl (C=O) groups excluding carboxylic acids is 1. The van der Waals surface area contributed by atoms with Crippen LogP contribution in [0.4, 0.5) is 13.2 Å². The van der Waals surface area contributed by atoms with Gasteiger partial charge in [-0.2, -0.15) is 13.2 Å². The molecule has 2 rings (SSSR count). The lowest BCUT2D eigenvalue weighted by molar-refractivity contribution is -0.141. The van der Waals surface area contributed by atoms with E-state index in [1.165, 1.54) is 0 Å². The summed E-state index contributed by atoms with van der Waals surface area (Å²) in [4.78, 5) is 16.6. The summed E-state index contributed by atoms with van der Waals surface area (Å²) in [5.41, 5.74) is 0. The minimum atomic E-state index is -4.40. The monoisotopic (exact) mass is 262 g/mol. The number of halogens is 3. The van der Waals surface area contributed by atoms with Crippen LogP contribution in [0.25, 0.3) is 0 Å². The van der Waals surface area contributed by atoms with Crippen LogP contribution in [0.2, 0.25) is 0 Å². The number of H-pyrrole nitrogens is 1. The molecule has 1 aromatic heterocycles. The molecule has 1 N–H and O–H groups in total. The summed E-state index contributed by atoms with van der Waals surface area (Å²) in [7, 11) is 0. The average molecular weight is 262 g/mol. The molecule has 0 unspecified atom stereocenters. The van der Waals surface area contributed by atoms with E-state index in [2.05, 4.69) is 15.2 Å². The van der Waals surface area contributed by atoms with Gasteiger partial charge in [0.2, 0.25) is 5.82 Å². The smallest absolute Gasteiger partial charge is 0.324 e. The maximum absolute atomic E-state index is 12.4. The second kappa shape index (κ2) is 4.58. The standard InChI is InChI=1S/C10H13F3N4O/c1-2-7-14-8(16-15-7)9(18)17(6-3-4-6)5-10(11,12)13/h6H,2-5H2,1H3,(H,14,15,16). The van der Waals surface area contributed by atoms with Crippen LogP contribution in [0.15, 0.2) is 0 Å².